The first kappa shape index (κ1) is 18.0. The molecule has 2 nitrogen and oxygen atoms in total. The Morgan fingerprint density at radius 1 is 0.840 bits per heavy atom. The third-order valence-corrected chi connectivity index (χ3v) is 5.95. The fourth-order valence-corrected chi connectivity index (χ4v) is 3.93. The van der Waals surface area contributed by atoms with E-state index in [1.165, 1.54) is 50.1 Å². The van der Waals surface area contributed by atoms with Crippen LogP contribution in [0.3, 0.4) is 0 Å². The lowest BCUT2D eigenvalue weighted by Crippen LogP contribution is -2.46. The van der Waals surface area contributed by atoms with Gasteiger partial charge in [0.2, 0.25) is 0 Å². The van der Waals surface area contributed by atoms with Crippen LogP contribution in [0.5, 0.6) is 0 Å². The molecular formula is C23H32N2. The Labute approximate surface area is 153 Å². The molecule has 0 N–H and O–H groups in total. The second-order valence-electron chi connectivity index (χ2n) is 7.55. The van der Waals surface area contributed by atoms with Gasteiger partial charge in [0.15, 0.2) is 0 Å². The zero-order valence-electron chi connectivity index (χ0n) is 15.8. The van der Waals surface area contributed by atoms with E-state index in [0.29, 0.717) is 5.41 Å². The minimum atomic E-state index is 0.313. The summed E-state index contributed by atoms with van der Waals surface area (Å²) in [7, 11) is 0. The molecular weight excluding hydrogens is 304 g/mol. The Bertz CT molecular complexity index is 617. The van der Waals surface area contributed by atoms with Gasteiger partial charge < -0.3 is 4.90 Å². The van der Waals surface area contributed by atoms with Crippen LogP contribution in [0.2, 0.25) is 0 Å². The summed E-state index contributed by atoms with van der Waals surface area (Å²) in [6.07, 6.45) is 3.76. The zero-order chi connectivity index (χ0) is 17.5. The Hall–Kier alpha value is -1.80. The molecule has 0 aliphatic carbocycles. The fourth-order valence-electron chi connectivity index (χ4n) is 3.93. The van der Waals surface area contributed by atoms with Crippen molar-refractivity contribution in [1.82, 2.24) is 4.90 Å². The van der Waals surface area contributed by atoms with Crippen LogP contribution in [0.1, 0.15) is 38.7 Å². The summed E-state index contributed by atoms with van der Waals surface area (Å²) >= 11 is 0. The van der Waals surface area contributed by atoms with Crippen molar-refractivity contribution in [3.05, 3.63) is 66.2 Å². The quantitative estimate of drug-likeness (QED) is 0.705. The van der Waals surface area contributed by atoms with Crippen LogP contribution < -0.4 is 4.90 Å². The molecule has 0 radical (unpaired) electrons. The number of benzene rings is 2. The van der Waals surface area contributed by atoms with Crippen molar-refractivity contribution in [2.75, 3.05) is 37.6 Å². The number of nitrogens with zero attached hydrogens (tertiary/aromatic N) is 2. The van der Waals surface area contributed by atoms with E-state index in [0.717, 1.165) is 13.1 Å². The van der Waals surface area contributed by atoms with Gasteiger partial charge in [-0.2, -0.15) is 0 Å². The van der Waals surface area contributed by atoms with E-state index >= 15 is 0 Å². The summed E-state index contributed by atoms with van der Waals surface area (Å²) in [6, 6.07) is 21.9. The highest BCUT2D eigenvalue weighted by Gasteiger charge is 2.24. The van der Waals surface area contributed by atoms with Gasteiger partial charge in [-0.15, -0.1) is 0 Å². The zero-order valence-corrected chi connectivity index (χ0v) is 15.8. The van der Waals surface area contributed by atoms with E-state index in [1.807, 2.05) is 0 Å². The summed E-state index contributed by atoms with van der Waals surface area (Å²) in [5.41, 5.74) is 3.17. The maximum absolute atomic E-state index is 2.64. The van der Waals surface area contributed by atoms with Crippen LogP contribution in [0, 0.1) is 0 Å². The monoisotopic (exact) mass is 336 g/mol. The molecule has 2 heteroatoms. The van der Waals surface area contributed by atoms with Gasteiger partial charge in [-0.25, -0.2) is 0 Å². The van der Waals surface area contributed by atoms with Crippen LogP contribution in [0.4, 0.5) is 5.69 Å². The van der Waals surface area contributed by atoms with Crippen LogP contribution in [-0.2, 0) is 5.41 Å². The van der Waals surface area contributed by atoms with Crippen LogP contribution in [-0.4, -0.2) is 37.6 Å². The first-order valence-electron chi connectivity index (χ1n) is 9.79. The molecule has 1 unspecified atom stereocenters. The third kappa shape index (κ3) is 4.64. The predicted octanol–water partition coefficient (Wildman–Crippen LogP) is 4.96. The summed E-state index contributed by atoms with van der Waals surface area (Å²) < 4.78 is 0. The summed E-state index contributed by atoms with van der Waals surface area (Å²) in [5, 5.41) is 0. The van der Waals surface area contributed by atoms with Gasteiger partial charge >= 0.3 is 0 Å². The molecule has 0 amide bonds. The molecule has 0 aromatic heterocycles. The minimum Gasteiger partial charge on any atom is -0.369 e. The fraction of sp³-hybridized carbons (Fsp3) is 0.478. The molecule has 134 valence electrons. The molecule has 0 bridgehead atoms. The van der Waals surface area contributed by atoms with Gasteiger partial charge in [0, 0.05) is 31.9 Å². The van der Waals surface area contributed by atoms with E-state index in [1.54, 1.807) is 0 Å². The Morgan fingerprint density at radius 2 is 1.44 bits per heavy atom. The molecule has 1 saturated heterocycles. The molecule has 0 saturated carbocycles. The molecule has 1 aliphatic heterocycles. The predicted molar refractivity (Wildman–Crippen MR) is 108 cm³/mol. The molecule has 2 aromatic rings. The highest BCUT2D eigenvalue weighted by atomic mass is 15.3. The van der Waals surface area contributed by atoms with Crippen molar-refractivity contribution in [1.29, 1.82) is 0 Å². The number of para-hydroxylation sites is 1. The topological polar surface area (TPSA) is 6.48 Å². The highest BCUT2D eigenvalue weighted by Crippen LogP contribution is 2.32. The van der Waals surface area contributed by atoms with Gasteiger partial charge in [-0.3, -0.25) is 4.90 Å². The minimum absolute atomic E-state index is 0.313. The lowest BCUT2D eigenvalue weighted by molar-refractivity contribution is 0.241. The van der Waals surface area contributed by atoms with Crippen LogP contribution in [0.25, 0.3) is 0 Å². The van der Waals surface area contributed by atoms with E-state index < -0.39 is 0 Å². The Balaban J connectivity index is 1.45. The number of hydrogen-bond donors (Lipinski definition) is 0. The average Bonchev–Trinajstić information content (AvgIpc) is 2.70. The largest absolute Gasteiger partial charge is 0.369 e. The van der Waals surface area contributed by atoms with Gasteiger partial charge in [0.1, 0.15) is 0 Å². The first-order valence-corrected chi connectivity index (χ1v) is 9.79. The molecule has 2 aromatic carbocycles. The smallest absolute Gasteiger partial charge is 0.0367 e. The van der Waals surface area contributed by atoms with Crippen molar-refractivity contribution < 1.29 is 0 Å². The van der Waals surface area contributed by atoms with E-state index in [2.05, 4.69) is 84.3 Å². The lowest BCUT2D eigenvalue weighted by atomic mass is 9.76. The standard InChI is InChI=1S/C23H32N2/c1-3-23(2,21-11-6-4-7-12-21)15-10-16-24-17-19-25(20-18-24)22-13-8-5-9-14-22/h4-9,11-14H,3,10,15-20H2,1-2H3. The van der Waals surface area contributed by atoms with Crippen LogP contribution in [0.15, 0.2) is 60.7 Å². The second-order valence-corrected chi connectivity index (χ2v) is 7.55. The molecule has 0 spiro atoms. The van der Waals surface area contributed by atoms with Crippen molar-refractivity contribution >= 4 is 5.69 Å². The number of hydrogen-bond acceptors (Lipinski definition) is 2. The first-order chi connectivity index (χ1) is 12.2. The van der Waals surface area contributed by atoms with E-state index in [4.69, 9.17) is 0 Å². The number of piperazine rings is 1. The van der Waals surface area contributed by atoms with E-state index in [9.17, 15) is 0 Å². The lowest BCUT2D eigenvalue weighted by Gasteiger charge is -2.37. The molecule has 25 heavy (non-hydrogen) atoms. The van der Waals surface area contributed by atoms with Gasteiger partial charge in [0.05, 0.1) is 0 Å². The SMILES string of the molecule is CCC(C)(CCCN1CCN(c2ccccc2)CC1)c1ccccc1. The average molecular weight is 337 g/mol. The van der Waals surface area contributed by atoms with E-state index in [-0.39, 0.29) is 0 Å². The third-order valence-electron chi connectivity index (χ3n) is 5.95. The number of anilines is 1. The van der Waals surface area contributed by atoms with Gasteiger partial charge in [-0.1, -0.05) is 62.4 Å². The van der Waals surface area contributed by atoms with Crippen molar-refractivity contribution in [2.45, 2.75) is 38.5 Å². The van der Waals surface area contributed by atoms with Crippen molar-refractivity contribution in [3.63, 3.8) is 0 Å². The van der Waals surface area contributed by atoms with Gasteiger partial charge in [-0.05, 0) is 48.9 Å². The van der Waals surface area contributed by atoms with Gasteiger partial charge in [0.25, 0.3) is 0 Å². The maximum Gasteiger partial charge on any atom is 0.0367 e. The molecule has 1 aliphatic rings. The van der Waals surface area contributed by atoms with Crippen molar-refractivity contribution in [2.24, 2.45) is 0 Å². The summed E-state index contributed by atoms with van der Waals surface area (Å²) in [6.45, 7) is 10.6. The molecule has 1 fully saturated rings. The molecule has 1 heterocycles. The summed E-state index contributed by atoms with van der Waals surface area (Å²) in [4.78, 5) is 5.15. The second kappa shape index (κ2) is 8.53. The molecule has 3 rings (SSSR count). The van der Waals surface area contributed by atoms with Crippen molar-refractivity contribution in [3.8, 4) is 0 Å². The highest BCUT2D eigenvalue weighted by molar-refractivity contribution is 5.46. The maximum atomic E-state index is 2.64. The molecule has 1 atom stereocenters. The van der Waals surface area contributed by atoms with Crippen LogP contribution >= 0.6 is 0 Å². The number of rotatable bonds is 7. The Morgan fingerprint density at radius 3 is 2.04 bits per heavy atom. The normalized spacial score (nSPS) is 18.1. The Kier molecular flexibility index (Phi) is 6.14. The summed E-state index contributed by atoms with van der Waals surface area (Å²) in [5.74, 6) is 0.